The van der Waals surface area contributed by atoms with Gasteiger partial charge >= 0.3 is 0 Å². The Morgan fingerprint density at radius 2 is 0.867 bits per heavy atom. The molecule has 2 N–H and O–H groups in total. The summed E-state index contributed by atoms with van der Waals surface area (Å²) in [4.78, 5) is 18.0. The van der Waals surface area contributed by atoms with Crippen LogP contribution in [0, 0.1) is 0 Å². The van der Waals surface area contributed by atoms with Gasteiger partial charge in [0.15, 0.2) is 0 Å². The topological polar surface area (TPSA) is 73.5 Å². The van der Waals surface area contributed by atoms with Crippen LogP contribution >= 0.6 is 0 Å². The first-order valence-electron chi connectivity index (χ1n) is 10.8. The summed E-state index contributed by atoms with van der Waals surface area (Å²) in [6, 6.07) is 8.30. The molecule has 158 valence electrons. The summed E-state index contributed by atoms with van der Waals surface area (Å²) in [6.45, 7) is 6.56. The Labute approximate surface area is 179 Å². The number of benzene rings is 1. The van der Waals surface area contributed by atoms with Crippen molar-refractivity contribution in [2.75, 3.05) is 52.4 Å². The average molecular weight is 405 g/mol. The number of hydrogen-bond donors (Lipinski definition) is 2. The molecule has 4 aliphatic heterocycles. The number of rotatable bonds is 0. The average Bonchev–Trinajstić information content (AvgIpc) is 2.78. The predicted molar refractivity (Wildman–Crippen MR) is 129 cm³/mol. The molecule has 0 saturated carbocycles. The highest BCUT2D eigenvalue weighted by Crippen LogP contribution is 2.15. The standard InChI is InChI=1S/C24H32N6/c1-2-22-4-3-21(1)17-27-13-9-25-11-15-29-19-23-5-7-24(8-6-23)20-30-16-12-26-10-14-28-18-22/h1-5,7,17-20,25-26H,6,8-16H2/b27-17+,28-18+,29-19+,30-20+. The fourth-order valence-corrected chi connectivity index (χ4v) is 3.08. The van der Waals surface area contributed by atoms with Crippen molar-refractivity contribution in [3.63, 3.8) is 0 Å². The van der Waals surface area contributed by atoms with Crippen molar-refractivity contribution < 1.29 is 0 Å². The van der Waals surface area contributed by atoms with Gasteiger partial charge in [-0.05, 0) is 35.1 Å². The van der Waals surface area contributed by atoms with Gasteiger partial charge in [0.25, 0.3) is 0 Å². The molecule has 1 aliphatic carbocycles. The molecule has 30 heavy (non-hydrogen) atoms. The summed E-state index contributed by atoms with van der Waals surface area (Å²) in [7, 11) is 0. The molecule has 0 fully saturated rings. The first-order valence-corrected chi connectivity index (χ1v) is 10.8. The number of nitrogens with one attached hydrogen (secondary N) is 2. The second kappa shape index (κ2) is 13.5. The first-order chi connectivity index (χ1) is 14.9. The molecule has 6 heteroatoms. The highest BCUT2D eigenvalue weighted by Gasteiger charge is 2.02. The van der Waals surface area contributed by atoms with Crippen LogP contribution in [-0.2, 0) is 0 Å². The lowest BCUT2D eigenvalue weighted by Gasteiger charge is -2.08. The van der Waals surface area contributed by atoms with Gasteiger partial charge in [-0.3, -0.25) is 20.0 Å². The molecule has 0 saturated heterocycles. The first kappa shape index (κ1) is 22.0. The van der Waals surface area contributed by atoms with E-state index < -0.39 is 0 Å². The van der Waals surface area contributed by atoms with Crippen molar-refractivity contribution in [3.8, 4) is 0 Å². The zero-order valence-electron chi connectivity index (χ0n) is 17.6. The second-order valence-electron chi connectivity index (χ2n) is 7.29. The van der Waals surface area contributed by atoms with E-state index in [1.807, 2.05) is 24.9 Å². The maximum atomic E-state index is 4.53. The SMILES string of the molecule is C1=C2/C=N/CCNCC/N=C/c3ccc(cc3)/C=N/CCNCC/N=C/C(=C1)CC2. The molecular weight excluding hydrogens is 372 g/mol. The summed E-state index contributed by atoms with van der Waals surface area (Å²) in [5.74, 6) is 0. The largest absolute Gasteiger partial charge is 0.313 e. The summed E-state index contributed by atoms with van der Waals surface area (Å²) in [5.41, 5.74) is 4.79. The minimum atomic E-state index is 0.764. The van der Waals surface area contributed by atoms with Gasteiger partial charge in [-0.15, -0.1) is 0 Å². The normalized spacial score (nSPS) is 23.9. The van der Waals surface area contributed by atoms with Gasteiger partial charge in [0.1, 0.15) is 0 Å². The molecule has 0 amide bonds. The third kappa shape index (κ3) is 8.76. The lowest BCUT2D eigenvalue weighted by Crippen LogP contribution is -2.21. The molecule has 0 atom stereocenters. The van der Waals surface area contributed by atoms with E-state index in [2.05, 4.69) is 67.0 Å². The fourth-order valence-electron chi connectivity index (χ4n) is 3.08. The highest BCUT2D eigenvalue weighted by atomic mass is 14.9. The number of nitrogens with zero attached hydrogens (tertiary/aromatic N) is 4. The predicted octanol–water partition coefficient (Wildman–Crippen LogP) is 2.51. The van der Waals surface area contributed by atoms with Crippen LogP contribution in [0.5, 0.6) is 0 Å². The summed E-state index contributed by atoms with van der Waals surface area (Å²) in [5, 5.41) is 6.77. The Balaban J connectivity index is 1.53. The van der Waals surface area contributed by atoms with Crippen LogP contribution in [0.2, 0.25) is 0 Å². The Bertz CT molecular complexity index is 746. The van der Waals surface area contributed by atoms with Gasteiger partial charge in [0.2, 0.25) is 0 Å². The zero-order valence-corrected chi connectivity index (χ0v) is 17.6. The van der Waals surface area contributed by atoms with E-state index >= 15 is 0 Å². The molecule has 6 rings (SSSR count). The molecule has 0 aromatic heterocycles. The van der Waals surface area contributed by atoms with Crippen LogP contribution in [0.3, 0.4) is 0 Å². The van der Waals surface area contributed by atoms with Gasteiger partial charge in [-0.1, -0.05) is 36.4 Å². The number of allylic oxidation sites excluding steroid dienone is 4. The van der Waals surface area contributed by atoms with Gasteiger partial charge in [-0.2, -0.15) is 0 Å². The van der Waals surface area contributed by atoms with Gasteiger partial charge < -0.3 is 10.6 Å². The Morgan fingerprint density at radius 3 is 1.23 bits per heavy atom. The maximum Gasteiger partial charge on any atom is 0.0514 e. The Hall–Kier alpha value is -2.70. The zero-order chi connectivity index (χ0) is 20.7. The van der Waals surface area contributed by atoms with Crippen molar-refractivity contribution in [1.82, 2.24) is 10.6 Å². The molecular formula is C24H32N6. The fraction of sp³-hybridized carbons (Fsp3) is 0.417. The van der Waals surface area contributed by atoms with Crippen LogP contribution in [0.1, 0.15) is 24.0 Å². The molecule has 0 spiro atoms. The van der Waals surface area contributed by atoms with E-state index in [4.69, 9.17) is 0 Å². The molecule has 0 radical (unpaired) electrons. The van der Waals surface area contributed by atoms with E-state index in [-0.39, 0.29) is 0 Å². The molecule has 1 aromatic rings. The second-order valence-corrected chi connectivity index (χ2v) is 7.29. The minimum Gasteiger partial charge on any atom is -0.313 e. The van der Waals surface area contributed by atoms with E-state index in [9.17, 15) is 0 Å². The van der Waals surface area contributed by atoms with E-state index in [0.717, 1.165) is 76.3 Å². The van der Waals surface area contributed by atoms with E-state index in [1.165, 1.54) is 11.1 Å². The monoisotopic (exact) mass is 404 g/mol. The molecule has 4 bridgehead atoms. The molecule has 6 nitrogen and oxygen atoms in total. The highest BCUT2D eigenvalue weighted by molar-refractivity contribution is 5.85. The van der Waals surface area contributed by atoms with Gasteiger partial charge in [0, 0.05) is 51.0 Å². The van der Waals surface area contributed by atoms with Crippen molar-refractivity contribution in [2.45, 2.75) is 12.8 Å². The third-order valence-electron chi connectivity index (χ3n) is 4.82. The van der Waals surface area contributed by atoms with Gasteiger partial charge in [0.05, 0.1) is 26.2 Å². The lowest BCUT2D eigenvalue weighted by atomic mass is 10.00. The molecule has 4 heterocycles. The quantitative estimate of drug-likeness (QED) is 0.697. The van der Waals surface area contributed by atoms with Crippen LogP contribution in [0.25, 0.3) is 0 Å². The van der Waals surface area contributed by atoms with Gasteiger partial charge in [-0.25, -0.2) is 0 Å². The lowest BCUT2D eigenvalue weighted by molar-refractivity contribution is 0.698. The van der Waals surface area contributed by atoms with Crippen LogP contribution in [-0.4, -0.2) is 77.2 Å². The van der Waals surface area contributed by atoms with Crippen LogP contribution in [0.4, 0.5) is 0 Å². The summed E-state index contributed by atoms with van der Waals surface area (Å²) in [6.07, 6.45) is 14.2. The minimum absolute atomic E-state index is 0.764. The Kier molecular flexibility index (Phi) is 9.91. The van der Waals surface area contributed by atoms with Crippen molar-refractivity contribution in [3.05, 3.63) is 58.7 Å². The summed E-state index contributed by atoms with van der Waals surface area (Å²) < 4.78 is 0. The smallest absolute Gasteiger partial charge is 0.0514 e. The van der Waals surface area contributed by atoms with Crippen LogP contribution in [0.15, 0.2) is 67.5 Å². The maximum absolute atomic E-state index is 4.53. The summed E-state index contributed by atoms with van der Waals surface area (Å²) >= 11 is 0. The molecule has 5 aliphatic rings. The molecule has 0 unspecified atom stereocenters. The third-order valence-corrected chi connectivity index (χ3v) is 4.82. The van der Waals surface area contributed by atoms with Crippen molar-refractivity contribution in [1.29, 1.82) is 0 Å². The molecule has 1 aromatic carbocycles. The number of aliphatic imine (C=N–C) groups is 4. The van der Waals surface area contributed by atoms with E-state index in [1.54, 1.807) is 0 Å². The Morgan fingerprint density at radius 1 is 0.500 bits per heavy atom. The number of hydrogen-bond acceptors (Lipinski definition) is 6. The van der Waals surface area contributed by atoms with Crippen molar-refractivity contribution >= 4 is 24.9 Å². The van der Waals surface area contributed by atoms with Crippen LogP contribution < -0.4 is 10.6 Å². The van der Waals surface area contributed by atoms with Crippen molar-refractivity contribution in [2.24, 2.45) is 20.0 Å². The van der Waals surface area contributed by atoms with E-state index in [0.29, 0.717) is 0 Å².